The van der Waals surface area contributed by atoms with Crippen LogP contribution in [0.25, 0.3) is 21.7 Å². The first-order valence-electron chi connectivity index (χ1n) is 7.76. The number of carbonyl (C=O) groups is 2. The van der Waals surface area contributed by atoms with E-state index in [1.165, 1.54) is 35.7 Å². The highest BCUT2D eigenvalue weighted by Crippen LogP contribution is 2.28. The Labute approximate surface area is 158 Å². The number of rotatable bonds is 6. The highest BCUT2D eigenvalue weighted by molar-refractivity contribution is 7.90. The van der Waals surface area contributed by atoms with Crippen LogP contribution in [0.1, 0.15) is 20.0 Å². The Balaban J connectivity index is 1.85. The molecule has 0 aliphatic rings. The van der Waals surface area contributed by atoms with Crippen molar-refractivity contribution in [3.63, 3.8) is 0 Å². The third-order valence-corrected chi connectivity index (χ3v) is 5.84. The van der Waals surface area contributed by atoms with Crippen LogP contribution < -0.4 is 0 Å². The van der Waals surface area contributed by atoms with Gasteiger partial charge in [-0.15, -0.1) is 11.3 Å². The van der Waals surface area contributed by atoms with Gasteiger partial charge in [-0.3, -0.25) is 4.79 Å². The van der Waals surface area contributed by atoms with Gasteiger partial charge < -0.3 is 15.0 Å². The normalized spacial score (nSPS) is 11.6. The highest BCUT2D eigenvalue weighted by Gasteiger charge is 2.18. The Kier molecular flexibility index (Phi) is 4.98. The van der Waals surface area contributed by atoms with Crippen molar-refractivity contribution < 1.29 is 23.1 Å². The fourth-order valence-corrected chi connectivity index (χ4v) is 3.92. The number of nitrogens with one attached hydrogen (secondary N) is 1. The molecular formula is C16H16N4O5S2. The number of amides is 1. The number of sulfone groups is 1. The van der Waals surface area contributed by atoms with Crippen molar-refractivity contribution in [3.8, 4) is 10.6 Å². The molecule has 3 aromatic rings. The van der Waals surface area contributed by atoms with Gasteiger partial charge in [-0.1, -0.05) is 0 Å². The number of aromatic carboxylic acids is 1. The monoisotopic (exact) mass is 408 g/mol. The number of H-pyrrole nitrogens is 1. The Hall–Kier alpha value is -2.79. The molecule has 11 heteroatoms. The van der Waals surface area contributed by atoms with Crippen molar-refractivity contribution in [2.24, 2.45) is 0 Å². The Morgan fingerprint density at radius 1 is 1.33 bits per heavy atom. The second kappa shape index (κ2) is 7.08. The van der Waals surface area contributed by atoms with Crippen molar-refractivity contribution in [3.05, 3.63) is 35.0 Å². The number of fused-ring (bicyclic) bond motifs is 1. The predicted octanol–water partition coefficient (Wildman–Crippen LogP) is 1.50. The van der Waals surface area contributed by atoms with Crippen molar-refractivity contribution in [2.75, 3.05) is 25.6 Å². The number of thiophene rings is 1. The third-order valence-electron chi connectivity index (χ3n) is 3.82. The maximum Gasteiger partial charge on any atom is 0.339 e. The molecule has 27 heavy (non-hydrogen) atoms. The molecule has 0 bridgehead atoms. The van der Waals surface area contributed by atoms with Crippen LogP contribution in [-0.4, -0.2) is 70.9 Å². The van der Waals surface area contributed by atoms with Gasteiger partial charge in [0.25, 0.3) is 5.91 Å². The van der Waals surface area contributed by atoms with E-state index < -0.39 is 15.8 Å². The average Bonchev–Trinajstić information content (AvgIpc) is 3.24. The molecule has 0 spiro atoms. The average molecular weight is 408 g/mol. The summed E-state index contributed by atoms with van der Waals surface area (Å²) in [6.45, 7) is 0.0992. The summed E-state index contributed by atoms with van der Waals surface area (Å²) in [7, 11) is -1.62. The molecule has 0 atom stereocenters. The van der Waals surface area contributed by atoms with E-state index in [0.717, 1.165) is 6.26 Å². The number of carbonyl (C=O) groups excluding carboxylic acids is 1. The topological polar surface area (TPSA) is 133 Å². The smallest absolute Gasteiger partial charge is 0.339 e. The molecule has 0 saturated carbocycles. The van der Waals surface area contributed by atoms with E-state index >= 15 is 0 Å². The van der Waals surface area contributed by atoms with E-state index in [1.54, 1.807) is 12.1 Å². The van der Waals surface area contributed by atoms with Crippen LogP contribution in [0.3, 0.4) is 0 Å². The molecule has 0 aromatic carbocycles. The maximum absolute atomic E-state index is 12.4. The van der Waals surface area contributed by atoms with Crippen molar-refractivity contribution in [1.82, 2.24) is 19.9 Å². The van der Waals surface area contributed by atoms with Gasteiger partial charge in [-0.2, -0.15) is 0 Å². The van der Waals surface area contributed by atoms with Gasteiger partial charge >= 0.3 is 5.97 Å². The lowest BCUT2D eigenvalue weighted by atomic mass is 10.3. The molecule has 142 valence electrons. The summed E-state index contributed by atoms with van der Waals surface area (Å²) in [5, 5.41) is 9.20. The summed E-state index contributed by atoms with van der Waals surface area (Å²) in [6, 6.07) is 3.33. The first-order valence-corrected chi connectivity index (χ1v) is 10.6. The lowest BCUT2D eigenvalue weighted by Crippen LogP contribution is -2.30. The van der Waals surface area contributed by atoms with Crippen molar-refractivity contribution >= 4 is 44.2 Å². The van der Waals surface area contributed by atoms with Crippen LogP contribution in [0.2, 0.25) is 0 Å². The van der Waals surface area contributed by atoms with Gasteiger partial charge in [0.15, 0.2) is 5.65 Å². The summed E-state index contributed by atoms with van der Waals surface area (Å²) in [6.07, 6.45) is 3.95. The molecule has 0 aliphatic carbocycles. The summed E-state index contributed by atoms with van der Waals surface area (Å²) in [5.41, 5.74) is 1.08. The molecule has 0 fully saturated rings. The lowest BCUT2D eigenvalue weighted by molar-refractivity contribution is 0.0698. The van der Waals surface area contributed by atoms with Gasteiger partial charge in [0.1, 0.15) is 20.9 Å². The Morgan fingerprint density at radius 3 is 2.74 bits per heavy atom. The molecule has 0 aliphatic heterocycles. The zero-order valence-electron chi connectivity index (χ0n) is 14.5. The molecule has 2 N–H and O–H groups in total. The van der Waals surface area contributed by atoms with Crippen molar-refractivity contribution in [2.45, 2.75) is 0 Å². The predicted molar refractivity (Wildman–Crippen MR) is 101 cm³/mol. The number of carboxylic acid groups (broad SMARTS) is 1. The van der Waals surface area contributed by atoms with E-state index in [4.69, 9.17) is 0 Å². The molecule has 0 saturated heterocycles. The molecule has 3 aromatic heterocycles. The van der Waals surface area contributed by atoms with Crippen LogP contribution in [0, 0.1) is 0 Å². The van der Waals surface area contributed by atoms with Gasteiger partial charge in [0.2, 0.25) is 0 Å². The fourth-order valence-electron chi connectivity index (χ4n) is 2.36. The van der Waals surface area contributed by atoms with E-state index in [-0.39, 0.29) is 29.3 Å². The molecule has 1 amide bonds. The number of carboxylic acids is 1. The van der Waals surface area contributed by atoms with Gasteiger partial charge in [-0.05, 0) is 12.1 Å². The molecule has 0 radical (unpaired) electrons. The molecule has 3 heterocycles. The van der Waals surface area contributed by atoms with Crippen LogP contribution in [0.5, 0.6) is 0 Å². The van der Waals surface area contributed by atoms with Gasteiger partial charge in [0.05, 0.1) is 27.4 Å². The fraction of sp³-hybridized carbons (Fsp3) is 0.250. The minimum absolute atomic E-state index is 0.0210. The molecule has 3 rings (SSSR count). The lowest BCUT2D eigenvalue weighted by Gasteiger charge is -2.15. The number of hydrogen-bond donors (Lipinski definition) is 2. The summed E-state index contributed by atoms with van der Waals surface area (Å²) in [5.74, 6) is -1.51. The van der Waals surface area contributed by atoms with Crippen LogP contribution in [0.15, 0.2) is 24.5 Å². The van der Waals surface area contributed by atoms with E-state index in [1.807, 2.05) is 0 Å². The van der Waals surface area contributed by atoms with Crippen LogP contribution in [0.4, 0.5) is 0 Å². The summed E-state index contributed by atoms with van der Waals surface area (Å²) < 4.78 is 22.5. The summed E-state index contributed by atoms with van der Waals surface area (Å²) in [4.78, 5) is 37.4. The quantitative estimate of drug-likeness (QED) is 0.631. The highest BCUT2D eigenvalue weighted by atomic mass is 32.2. The largest absolute Gasteiger partial charge is 0.478 e. The summed E-state index contributed by atoms with van der Waals surface area (Å²) >= 11 is 1.18. The Bertz CT molecular complexity index is 1130. The van der Waals surface area contributed by atoms with Gasteiger partial charge in [-0.25, -0.2) is 23.2 Å². The molecular weight excluding hydrogens is 392 g/mol. The standard InChI is InChI=1S/C16H16N4O5S2/c1-20(5-6-27(2,24)25)15(21)12-4-3-11(26-12)10-8-18-14-13(19-10)9(7-17-14)16(22)23/h3-4,7-8H,5-6H2,1-2H3,(H,17,18)(H,22,23). The third kappa shape index (κ3) is 4.14. The first-order chi connectivity index (χ1) is 12.7. The van der Waals surface area contributed by atoms with Gasteiger partial charge in [0, 0.05) is 26.0 Å². The van der Waals surface area contributed by atoms with E-state index in [9.17, 15) is 23.1 Å². The molecule has 0 unspecified atom stereocenters. The number of aromatic nitrogens is 3. The van der Waals surface area contributed by atoms with Crippen LogP contribution in [-0.2, 0) is 9.84 Å². The number of aromatic amines is 1. The maximum atomic E-state index is 12.4. The minimum atomic E-state index is -3.16. The zero-order chi connectivity index (χ0) is 19.8. The van der Waals surface area contributed by atoms with E-state index in [2.05, 4.69) is 15.0 Å². The van der Waals surface area contributed by atoms with Crippen molar-refractivity contribution in [1.29, 1.82) is 0 Å². The number of nitrogens with zero attached hydrogens (tertiary/aromatic N) is 3. The second-order valence-electron chi connectivity index (χ2n) is 5.98. The Morgan fingerprint density at radius 2 is 2.07 bits per heavy atom. The van der Waals surface area contributed by atoms with Crippen LogP contribution >= 0.6 is 11.3 Å². The zero-order valence-corrected chi connectivity index (χ0v) is 16.1. The number of hydrogen-bond acceptors (Lipinski definition) is 7. The first kappa shape index (κ1) is 19.0. The minimum Gasteiger partial charge on any atom is -0.478 e. The SMILES string of the molecule is CN(CCS(C)(=O)=O)C(=O)c1ccc(-c2cnc3[nH]cc(C(=O)O)c3n2)s1. The molecule has 9 nitrogen and oxygen atoms in total. The second-order valence-corrected chi connectivity index (χ2v) is 9.32. The van der Waals surface area contributed by atoms with E-state index in [0.29, 0.717) is 21.1 Å².